The SMILES string of the molecule is CNn1cn[n+](CC(=O)O)c1. The molecule has 0 fully saturated rings. The zero-order chi connectivity index (χ0) is 8.27. The summed E-state index contributed by atoms with van der Waals surface area (Å²) in [5.41, 5.74) is 2.76. The predicted molar refractivity (Wildman–Crippen MR) is 35.3 cm³/mol. The fourth-order valence-corrected chi connectivity index (χ4v) is 0.661. The number of carboxylic acids is 1. The molecule has 60 valence electrons. The number of nitrogens with one attached hydrogen (secondary N) is 1. The number of aliphatic carboxylic acids is 1. The van der Waals surface area contributed by atoms with Crippen molar-refractivity contribution >= 4 is 5.97 Å². The lowest BCUT2D eigenvalue weighted by Gasteiger charge is -1.86. The van der Waals surface area contributed by atoms with Gasteiger partial charge in [0.1, 0.15) is 0 Å². The van der Waals surface area contributed by atoms with Crippen molar-refractivity contribution in [1.29, 1.82) is 0 Å². The summed E-state index contributed by atoms with van der Waals surface area (Å²) in [5, 5.41) is 12.1. The Morgan fingerprint density at radius 2 is 2.64 bits per heavy atom. The van der Waals surface area contributed by atoms with Crippen LogP contribution in [0, 0.1) is 0 Å². The van der Waals surface area contributed by atoms with E-state index in [4.69, 9.17) is 5.11 Å². The minimum absolute atomic E-state index is 0.116. The molecular weight excluding hydrogens is 148 g/mol. The first kappa shape index (κ1) is 7.52. The molecule has 0 aliphatic rings. The van der Waals surface area contributed by atoms with Crippen LogP contribution in [0.15, 0.2) is 12.7 Å². The van der Waals surface area contributed by atoms with E-state index in [-0.39, 0.29) is 6.54 Å². The quantitative estimate of drug-likeness (QED) is 0.520. The molecule has 0 unspecified atom stereocenters. The molecule has 0 bridgehead atoms. The molecule has 0 atom stereocenters. The van der Waals surface area contributed by atoms with Gasteiger partial charge in [0.05, 0.1) is 0 Å². The summed E-state index contributed by atoms with van der Waals surface area (Å²) >= 11 is 0. The van der Waals surface area contributed by atoms with Crippen molar-refractivity contribution < 1.29 is 14.6 Å². The van der Waals surface area contributed by atoms with Crippen molar-refractivity contribution in [2.24, 2.45) is 0 Å². The maximum Gasteiger partial charge on any atom is 0.348 e. The third-order valence-electron chi connectivity index (χ3n) is 1.14. The number of nitrogens with zero attached hydrogens (tertiary/aromatic N) is 3. The molecule has 1 aromatic heterocycles. The summed E-state index contributed by atoms with van der Waals surface area (Å²) < 4.78 is 2.88. The van der Waals surface area contributed by atoms with Gasteiger partial charge in [0.25, 0.3) is 6.33 Å². The van der Waals surface area contributed by atoms with E-state index in [0.717, 1.165) is 0 Å². The minimum atomic E-state index is -0.906. The first-order valence-electron chi connectivity index (χ1n) is 3.05. The highest BCUT2D eigenvalue weighted by atomic mass is 16.4. The van der Waals surface area contributed by atoms with E-state index in [0.29, 0.717) is 0 Å². The molecule has 0 spiro atoms. The summed E-state index contributed by atoms with van der Waals surface area (Å²) in [5.74, 6) is -0.906. The van der Waals surface area contributed by atoms with Crippen LogP contribution in [0.1, 0.15) is 0 Å². The fourth-order valence-electron chi connectivity index (χ4n) is 0.661. The molecule has 0 aliphatic heterocycles. The van der Waals surface area contributed by atoms with Crippen molar-refractivity contribution in [2.45, 2.75) is 6.54 Å². The molecule has 1 heterocycles. The second kappa shape index (κ2) is 3.00. The van der Waals surface area contributed by atoms with Crippen LogP contribution in [0.5, 0.6) is 0 Å². The van der Waals surface area contributed by atoms with Gasteiger partial charge < -0.3 is 5.11 Å². The van der Waals surface area contributed by atoms with Crippen molar-refractivity contribution in [3.8, 4) is 0 Å². The van der Waals surface area contributed by atoms with Gasteiger partial charge in [-0.3, -0.25) is 5.43 Å². The number of rotatable bonds is 3. The summed E-state index contributed by atoms with van der Waals surface area (Å²) in [6.07, 6.45) is 3.04. The Bertz CT molecular complexity index is 257. The fraction of sp³-hybridized carbons (Fsp3) is 0.400. The highest BCUT2D eigenvalue weighted by Gasteiger charge is 2.07. The number of hydrogen-bond acceptors (Lipinski definition) is 3. The number of hydrogen-bond donors (Lipinski definition) is 2. The van der Waals surface area contributed by atoms with Gasteiger partial charge in [0.15, 0.2) is 0 Å². The van der Waals surface area contributed by atoms with Crippen LogP contribution in [0.25, 0.3) is 0 Å². The average molecular weight is 157 g/mol. The van der Waals surface area contributed by atoms with E-state index in [9.17, 15) is 4.79 Å². The highest BCUT2D eigenvalue weighted by molar-refractivity contribution is 5.64. The normalized spacial score (nSPS) is 9.55. The topological polar surface area (TPSA) is 71.0 Å². The Labute approximate surface area is 63.0 Å². The first-order valence-corrected chi connectivity index (χ1v) is 3.05. The van der Waals surface area contributed by atoms with E-state index in [1.165, 1.54) is 11.0 Å². The Kier molecular flexibility index (Phi) is 2.05. The molecule has 2 N–H and O–H groups in total. The van der Waals surface area contributed by atoms with E-state index in [2.05, 4.69) is 10.5 Å². The summed E-state index contributed by atoms with van der Waals surface area (Å²) in [6.45, 7) is -0.116. The van der Waals surface area contributed by atoms with Gasteiger partial charge in [-0.2, -0.15) is 0 Å². The maximum absolute atomic E-state index is 10.2. The van der Waals surface area contributed by atoms with E-state index >= 15 is 0 Å². The predicted octanol–water partition coefficient (Wildman–Crippen LogP) is -1.57. The number of carboxylic acid groups (broad SMARTS) is 1. The van der Waals surface area contributed by atoms with Gasteiger partial charge in [0.2, 0.25) is 12.9 Å². The van der Waals surface area contributed by atoms with Crippen LogP contribution in [0.4, 0.5) is 0 Å². The third kappa shape index (κ3) is 1.92. The zero-order valence-corrected chi connectivity index (χ0v) is 6.06. The van der Waals surface area contributed by atoms with Gasteiger partial charge in [-0.1, -0.05) is 0 Å². The van der Waals surface area contributed by atoms with Crippen LogP contribution in [0.3, 0.4) is 0 Å². The van der Waals surface area contributed by atoms with Crippen molar-refractivity contribution in [1.82, 2.24) is 9.77 Å². The van der Waals surface area contributed by atoms with E-state index in [1.54, 1.807) is 18.1 Å². The third-order valence-corrected chi connectivity index (χ3v) is 1.14. The molecular formula is C5H9N4O2+. The summed E-state index contributed by atoms with van der Waals surface area (Å²) in [4.78, 5) is 10.2. The van der Waals surface area contributed by atoms with E-state index in [1.807, 2.05) is 0 Å². The Morgan fingerprint density at radius 1 is 1.91 bits per heavy atom. The Balaban J connectivity index is 2.65. The summed E-state index contributed by atoms with van der Waals surface area (Å²) in [7, 11) is 1.72. The lowest BCUT2D eigenvalue weighted by atomic mass is 10.7. The molecule has 0 amide bonds. The van der Waals surface area contributed by atoms with Crippen LogP contribution < -0.4 is 10.1 Å². The van der Waals surface area contributed by atoms with Gasteiger partial charge in [0, 0.05) is 7.05 Å². The van der Waals surface area contributed by atoms with E-state index < -0.39 is 5.97 Å². The standard InChI is InChI=1S/C5H8N4O2/c1-6-9-3-7-8(4-9)2-5(10)11/h3-4,6H,2H2,1H3/p+1. The lowest BCUT2D eigenvalue weighted by molar-refractivity contribution is -0.741. The molecule has 6 nitrogen and oxygen atoms in total. The molecule has 6 heteroatoms. The van der Waals surface area contributed by atoms with Crippen LogP contribution in [-0.2, 0) is 11.3 Å². The highest BCUT2D eigenvalue weighted by Crippen LogP contribution is 1.71. The molecule has 0 aromatic carbocycles. The molecule has 11 heavy (non-hydrogen) atoms. The molecule has 1 rings (SSSR count). The largest absolute Gasteiger partial charge is 0.478 e. The van der Waals surface area contributed by atoms with Crippen LogP contribution in [-0.4, -0.2) is 27.9 Å². The molecule has 0 saturated heterocycles. The smallest absolute Gasteiger partial charge is 0.348 e. The Hall–Kier alpha value is -1.59. The van der Waals surface area contributed by atoms with Gasteiger partial charge in [-0.15, -0.1) is 9.36 Å². The summed E-state index contributed by atoms with van der Waals surface area (Å²) in [6, 6.07) is 0. The first-order chi connectivity index (χ1) is 5.22. The van der Waals surface area contributed by atoms with Gasteiger partial charge >= 0.3 is 5.97 Å². The number of carbonyl (C=O) groups is 1. The van der Waals surface area contributed by atoms with Crippen LogP contribution >= 0.6 is 0 Å². The molecule has 1 aromatic rings. The monoisotopic (exact) mass is 157 g/mol. The lowest BCUT2D eigenvalue weighted by Crippen LogP contribution is -2.39. The van der Waals surface area contributed by atoms with Crippen LogP contribution in [0.2, 0.25) is 0 Å². The molecule has 0 aliphatic carbocycles. The maximum atomic E-state index is 10.2. The van der Waals surface area contributed by atoms with Crippen molar-refractivity contribution in [3.63, 3.8) is 0 Å². The van der Waals surface area contributed by atoms with Crippen molar-refractivity contribution in [2.75, 3.05) is 12.5 Å². The van der Waals surface area contributed by atoms with Crippen molar-refractivity contribution in [3.05, 3.63) is 12.7 Å². The minimum Gasteiger partial charge on any atom is -0.478 e. The number of aromatic nitrogens is 3. The zero-order valence-electron chi connectivity index (χ0n) is 6.06. The second-order valence-electron chi connectivity index (χ2n) is 1.97. The Morgan fingerprint density at radius 3 is 3.09 bits per heavy atom. The van der Waals surface area contributed by atoms with Gasteiger partial charge in [-0.05, 0) is 5.10 Å². The molecule has 0 saturated carbocycles. The average Bonchev–Trinajstić information content (AvgIpc) is 2.34. The second-order valence-corrected chi connectivity index (χ2v) is 1.97. The molecule has 0 radical (unpaired) electrons. The van der Waals surface area contributed by atoms with Gasteiger partial charge in [-0.25, -0.2) is 4.79 Å².